The Morgan fingerprint density at radius 2 is 1.68 bits per heavy atom. The van der Waals surface area contributed by atoms with Crippen LogP contribution in [0.2, 0.25) is 10.0 Å². The van der Waals surface area contributed by atoms with Crippen molar-refractivity contribution in [3.05, 3.63) is 87.9 Å². The van der Waals surface area contributed by atoms with Gasteiger partial charge in [-0.15, -0.1) is 0 Å². The minimum atomic E-state index is -3.76. The lowest BCUT2D eigenvalue weighted by Gasteiger charge is -2.15. The van der Waals surface area contributed by atoms with Gasteiger partial charge in [0.05, 0.1) is 22.7 Å². The molecule has 3 aromatic carbocycles. The quantitative estimate of drug-likeness (QED) is 0.335. The van der Waals surface area contributed by atoms with Crippen molar-refractivity contribution < 1.29 is 17.9 Å². The smallest absolute Gasteiger partial charge is 0.276 e. The predicted molar refractivity (Wildman–Crippen MR) is 123 cm³/mol. The molecule has 0 bridgehead atoms. The average molecular weight is 479 g/mol. The lowest BCUT2D eigenvalue weighted by atomic mass is 10.2. The Hall–Kier alpha value is -2.74. The van der Waals surface area contributed by atoms with Gasteiger partial charge in [-0.1, -0.05) is 59.6 Å². The van der Waals surface area contributed by atoms with Gasteiger partial charge in [-0.3, -0.25) is 0 Å². The van der Waals surface area contributed by atoms with Gasteiger partial charge in [0.25, 0.3) is 10.0 Å². The lowest BCUT2D eigenvalue weighted by molar-refractivity contribution is 0.269. The van der Waals surface area contributed by atoms with Crippen LogP contribution in [0.3, 0.4) is 0 Å². The molecule has 0 aliphatic heterocycles. The minimum Gasteiger partial charge on any atom is -0.490 e. The Labute approximate surface area is 191 Å². The molecule has 9 heteroatoms. The molecule has 0 amide bonds. The third-order valence-electron chi connectivity index (χ3n) is 4.10. The summed E-state index contributed by atoms with van der Waals surface area (Å²) in [5, 5.41) is 4.72. The fourth-order valence-corrected chi connectivity index (χ4v) is 3.93. The summed E-state index contributed by atoms with van der Waals surface area (Å²) in [7, 11) is -3.76. The first kappa shape index (κ1) is 22.9. The van der Waals surface area contributed by atoms with E-state index in [4.69, 9.17) is 32.7 Å². The zero-order valence-electron chi connectivity index (χ0n) is 16.6. The van der Waals surface area contributed by atoms with Crippen LogP contribution in [0.1, 0.15) is 18.1 Å². The van der Waals surface area contributed by atoms with Crippen LogP contribution in [-0.4, -0.2) is 21.2 Å². The van der Waals surface area contributed by atoms with Crippen LogP contribution in [0, 0.1) is 0 Å². The van der Waals surface area contributed by atoms with E-state index in [1.54, 1.807) is 36.4 Å². The summed E-state index contributed by atoms with van der Waals surface area (Å²) in [4.78, 5) is 2.29. The normalized spacial score (nSPS) is 11.5. The van der Waals surface area contributed by atoms with Gasteiger partial charge in [0.1, 0.15) is 6.61 Å². The third kappa shape index (κ3) is 6.13. The monoisotopic (exact) mass is 478 g/mol. The first-order chi connectivity index (χ1) is 14.9. The maximum Gasteiger partial charge on any atom is 0.276 e. The summed E-state index contributed by atoms with van der Waals surface area (Å²) < 4.78 is 36.0. The maximum absolute atomic E-state index is 12.3. The molecule has 0 aliphatic carbocycles. The fraction of sp³-hybridized carbons (Fsp3) is 0.136. The molecule has 0 fully saturated rings. The summed E-state index contributed by atoms with van der Waals surface area (Å²) in [5.41, 5.74) is 1.35. The molecular formula is C22H20Cl2N2O4S. The lowest BCUT2D eigenvalue weighted by Crippen LogP contribution is -2.18. The average Bonchev–Trinajstić information content (AvgIpc) is 2.75. The molecule has 0 radical (unpaired) electrons. The number of hydrogen-bond donors (Lipinski definition) is 1. The van der Waals surface area contributed by atoms with Crippen molar-refractivity contribution in [2.45, 2.75) is 18.4 Å². The largest absolute Gasteiger partial charge is 0.490 e. The van der Waals surface area contributed by atoms with Crippen molar-refractivity contribution in [3.8, 4) is 11.5 Å². The van der Waals surface area contributed by atoms with E-state index >= 15 is 0 Å². The van der Waals surface area contributed by atoms with Gasteiger partial charge < -0.3 is 9.47 Å². The molecule has 0 spiro atoms. The van der Waals surface area contributed by atoms with Crippen LogP contribution >= 0.6 is 23.2 Å². The number of halogens is 2. The van der Waals surface area contributed by atoms with Crippen molar-refractivity contribution in [2.75, 3.05) is 6.61 Å². The number of nitrogens with zero attached hydrogens (tertiary/aromatic N) is 1. The molecule has 3 rings (SSSR count). The number of sulfonamides is 1. The predicted octanol–water partition coefficient (Wildman–Crippen LogP) is 5.28. The summed E-state index contributed by atoms with van der Waals surface area (Å²) in [5.74, 6) is 0.778. The Morgan fingerprint density at radius 1 is 0.968 bits per heavy atom. The molecule has 162 valence electrons. The van der Waals surface area contributed by atoms with Gasteiger partial charge in [0.15, 0.2) is 11.5 Å². The Balaban J connectivity index is 1.78. The minimum absolute atomic E-state index is 0.114. The number of hydrogen-bond acceptors (Lipinski definition) is 5. The molecule has 0 saturated heterocycles. The molecule has 0 heterocycles. The molecule has 1 N–H and O–H groups in total. The highest BCUT2D eigenvalue weighted by Crippen LogP contribution is 2.37. The molecule has 0 atom stereocenters. The zero-order valence-corrected chi connectivity index (χ0v) is 18.9. The molecule has 0 unspecified atom stereocenters. The molecule has 31 heavy (non-hydrogen) atoms. The van der Waals surface area contributed by atoms with Gasteiger partial charge in [0.2, 0.25) is 0 Å². The van der Waals surface area contributed by atoms with E-state index in [2.05, 4.69) is 9.93 Å². The van der Waals surface area contributed by atoms with Gasteiger partial charge in [0, 0.05) is 10.6 Å². The van der Waals surface area contributed by atoms with Crippen molar-refractivity contribution in [2.24, 2.45) is 5.10 Å². The second-order valence-corrected chi connectivity index (χ2v) is 8.78. The second kappa shape index (κ2) is 10.5. The fourth-order valence-electron chi connectivity index (χ4n) is 2.65. The Bertz CT molecular complexity index is 1170. The highest BCUT2D eigenvalue weighted by atomic mass is 35.5. The summed E-state index contributed by atoms with van der Waals surface area (Å²) in [6, 6.07) is 18.6. The Morgan fingerprint density at radius 3 is 2.39 bits per heavy atom. The molecule has 3 aromatic rings. The van der Waals surface area contributed by atoms with Crippen LogP contribution < -0.4 is 14.3 Å². The molecule has 6 nitrogen and oxygen atoms in total. The number of ether oxygens (including phenoxy) is 2. The number of nitrogens with one attached hydrogen (secondary N) is 1. The molecular weight excluding hydrogens is 459 g/mol. The summed E-state index contributed by atoms with van der Waals surface area (Å²) in [6.07, 6.45) is 1.34. The van der Waals surface area contributed by atoms with Crippen LogP contribution in [0.5, 0.6) is 11.5 Å². The third-order valence-corrected chi connectivity index (χ3v) is 5.99. The number of rotatable bonds is 9. The second-order valence-electron chi connectivity index (χ2n) is 6.31. The van der Waals surface area contributed by atoms with E-state index in [0.717, 1.165) is 5.56 Å². The van der Waals surface area contributed by atoms with Gasteiger partial charge in [-0.2, -0.15) is 13.5 Å². The van der Waals surface area contributed by atoms with Gasteiger partial charge in [-0.05, 0) is 42.8 Å². The Kier molecular flexibility index (Phi) is 7.79. The topological polar surface area (TPSA) is 77.0 Å². The summed E-state index contributed by atoms with van der Waals surface area (Å²) in [6.45, 7) is 2.43. The van der Waals surface area contributed by atoms with E-state index in [-0.39, 0.29) is 11.5 Å². The van der Waals surface area contributed by atoms with Crippen LogP contribution in [0.25, 0.3) is 0 Å². The van der Waals surface area contributed by atoms with E-state index in [1.807, 2.05) is 25.1 Å². The zero-order chi connectivity index (χ0) is 22.3. The summed E-state index contributed by atoms with van der Waals surface area (Å²) >= 11 is 12.6. The highest BCUT2D eigenvalue weighted by molar-refractivity contribution is 7.89. The molecule has 0 aliphatic rings. The van der Waals surface area contributed by atoms with E-state index in [0.29, 0.717) is 33.7 Å². The van der Waals surface area contributed by atoms with E-state index in [9.17, 15) is 8.42 Å². The SMILES string of the molecule is CCOc1cc(C=NNS(=O)(=O)c2ccccc2)cc(Cl)c1OCc1ccccc1Cl. The van der Waals surface area contributed by atoms with Crippen LogP contribution in [0.15, 0.2) is 76.7 Å². The van der Waals surface area contributed by atoms with Crippen molar-refractivity contribution in [3.63, 3.8) is 0 Å². The number of benzene rings is 3. The molecule has 0 aromatic heterocycles. The van der Waals surface area contributed by atoms with E-state index in [1.165, 1.54) is 18.3 Å². The van der Waals surface area contributed by atoms with E-state index < -0.39 is 10.0 Å². The standard InChI is InChI=1S/C22H20Cl2N2O4S/c1-2-29-21-13-16(14-25-26-31(27,28)18-9-4-3-5-10-18)12-20(24)22(21)30-15-17-8-6-7-11-19(17)23/h3-14,26H,2,15H2,1H3. The van der Waals surface area contributed by atoms with Crippen LogP contribution in [-0.2, 0) is 16.6 Å². The first-order valence-electron chi connectivity index (χ1n) is 9.33. The van der Waals surface area contributed by atoms with Crippen molar-refractivity contribution in [1.29, 1.82) is 0 Å². The maximum atomic E-state index is 12.3. The van der Waals surface area contributed by atoms with Crippen molar-refractivity contribution in [1.82, 2.24) is 4.83 Å². The molecule has 0 saturated carbocycles. The van der Waals surface area contributed by atoms with Gasteiger partial charge >= 0.3 is 0 Å². The van der Waals surface area contributed by atoms with Gasteiger partial charge in [-0.25, -0.2) is 4.83 Å². The van der Waals surface area contributed by atoms with Crippen molar-refractivity contribution >= 4 is 39.4 Å². The van der Waals surface area contributed by atoms with Crippen LogP contribution in [0.4, 0.5) is 0 Å². The first-order valence-corrected chi connectivity index (χ1v) is 11.6. The highest BCUT2D eigenvalue weighted by Gasteiger charge is 2.14. The number of hydrazone groups is 1.